The lowest BCUT2D eigenvalue weighted by atomic mass is 9.13. The minimum absolute atomic E-state index is 0. The molecule has 0 atom stereocenters. The lowest BCUT2D eigenvalue weighted by Crippen LogP contribution is -2.80. The van der Waals surface area contributed by atoms with E-state index in [0.29, 0.717) is 0 Å². The fraction of sp³-hybridized carbons (Fsp3) is 0. The van der Waals surface area contributed by atoms with E-state index in [1.54, 1.807) is 0 Å². The number of hydrogen-bond acceptors (Lipinski definition) is 0. The zero-order valence-corrected chi connectivity index (χ0v) is 63.3. The van der Waals surface area contributed by atoms with Gasteiger partial charge in [-0.1, -0.05) is 0 Å². The molecule has 0 fully saturated rings. The first-order chi connectivity index (χ1) is 20.7. The second-order valence-electron chi connectivity index (χ2n) is 8.80. The van der Waals surface area contributed by atoms with Gasteiger partial charge in [-0.2, -0.15) is 21.9 Å². The molecule has 0 aromatic heterocycles. The molecule has 0 nitrogen and oxygen atoms in total. The van der Waals surface area contributed by atoms with E-state index in [1.165, 1.54) is 93.3 Å². The predicted octanol–water partition coefficient (Wildman–Crippen LogP) is 15.3. The first-order valence-corrected chi connectivity index (χ1v) is 32.5. The van der Waals surface area contributed by atoms with Crippen LogP contribution in [-0.2, 0) is 0 Å². The molecular weight excluding hydrogens is 2840 g/mol. The van der Waals surface area contributed by atoms with E-state index in [0.717, 1.165) is 0 Å². The Morgan fingerprint density at radius 3 is 0.378 bits per heavy atom. The van der Waals surface area contributed by atoms with Crippen LogP contribution in [0.3, 0.4) is 0 Å². The zero-order chi connectivity index (χ0) is 34.4. The van der Waals surface area contributed by atoms with Crippen LogP contribution in [0.5, 0.6) is 0 Å². The number of rotatable bonds is 4. The molecule has 0 spiro atoms. The highest BCUT2D eigenvalue weighted by molar-refractivity contribution is 14.1. The van der Waals surface area contributed by atoms with Crippen molar-refractivity contribution in [3.05, 3.63) is 71.4 Å². The van der Waals surface area contributed by atoms with E-state index in [1.807, 2.05) is 0 Å². The number of hydrogen-bond donors (Lipinski definition) is 0. The summed E-state index contributed by atoms with van der Waals surface area (Å²) in [6, 6.07) is 0. The molecule has 4 rings (SSSR count). The minimum Gasteiger partial charge on any atom is -0.166 e. The van der Waals surface area contributed by atoms with Crippen molar-refractivity contribution in [3.63, 3.8) is 0 Å². The van der Waals surface area contributed by atoms with Gasteiger partial charge in [0.15, 0.2) is 0 Å². The molecule has 0 amide bonds. The average molecular weight is 2840 g/mol. The van der Waals surface area contributed by atoms with Crippen molar-refractivity contribution in [2.45, 2.75) is 0 Å². The van der Waals surface area contributed by atoms with Gasteiger partial charge >= 0.3 is 1.43 Å². The summed E-state index contributed by atoms with van der Waals surface area (Å²) < 4.78 is 26.8. The predicted molar refractivity (Wildman–Crippen MR) is 366 cm³/mol. The summed E-state index contributed by atoms with van der Waals surface area (Å²) in [5.74, 6) is 0. The highest BCUT2D eigenvalue weighted by atomic mass is 127. The lowest BCUT2D eigenvalue weighted by molar-refractivity contribution is 1.41. The third-order valence-corrected chi connectivity index (χ3v) is 45.1. The third kappa shape index (κ3) is 9.20. The minimum atomic E-state index is -1.74. The third-order valence-electron chi connectivity index (χ3n) is 6.71. The number of benzene rings is 4. The Balaban J connectivity index is 0.00000576. The van der Waals surface area contributed by atoms with E-state index in [9.17, 15) is 0 Å². The highest BCUT2D eigenvalue weighted by Crippen LogP contribution is 2.40. The van der Waals surface area contributed by atoms with Crippen LogP contribution in [-0.4, -0.2) is 6.15 Å². The van der Waals surface area contributed by atoms with Gasteiger partial charge in [0.1, 0.15) is 6.15 Å². The summed E-state index contributed by atoms with van der Waals surface area (Å²) >= 11 is 52.6. The largest absolute Gasteiger partial charge is 1.00 e. The van der Waals surface area contributed by atoms with Crippen molar-refractivity contribution in [1.82, 2.24) is 0 Å². The van der Waals surface area contributed by atoms with Crippen molar-refractivity contribution >= 4 is 480 Å². The zero-order valence-electron chi connectivity index (χ0n) is 21.1. The van der Waals surface area contributed by atoms with Crippen LogP contribution >= 0.6 is 452 Å². The Kier molecular flexibility index (Phi) is 22.5. The SMILES string of the molecule is Ic1c(I)c(I)c([B-](c2c(I)c(I)c(I)c(I)c2I)(c2c(I)c(I)c(I)c(I)c2I)c2c(I)c(I)c(I)c(I)c2I)c(I)c1I.[H+]. The van der Waals surface area contributed by atoms with E-state index in [4.69, 9.17) is 0 Å². The molecule has 0 heterocycles. The van der Waals surface area contributed by atoms with Gasteiger partial charge in [-0.15, -0.1) is 0 Å². The molecule has 0 aliphatic carbocycles. The second kappa shape index (κ2) is 20.6. The maximum atomic E-state index is 2.69. The molecule has 4 aromatic carbocycles. The summed E-state index contributed by atoms with van der Waals surface area (Å²) in [7, 11) is 0. The van der Waals surface area contributed by atoms with Gasteiger partial charge in [0.25, 0.3) is 0 Å². The van der Waals surface area contributed by atoms with Crippen molar-refractivity contribution in [2.24, 2.45) is 0 Å². The first-order valence-electron chi connectivity index (χ1n) is 10.9. The molecular formula is C24HBI20. The molecule has 0 unspecified atom stereocenters. The van der Waals surface area contributed by atoms with Crippen molar-refractivity contribution < 1.29 is 1.43 Å². The van der Waals surface area contributed by atoms with Gasteiger partial charge in [-0.3, -0.25) is 0 Å². The Labute approximate surface area is 536 Å². The van der Waals surface area contributed by atoms with Crippen LogP contribution in [0.2, 0.25) is 0 Å². The molecule has 4 aromatic rings. The van der Waals surface area contributed by atoms with Gasteiger partial charge in [-0.05, 0) is 480 Å². The standard InChI is InChI=1S/C24BI20/c26-5-1(6(27)14(35)21(42)13(5)34)25(2-7(28)15(36)22(43)16(37)8(2)29,3-9(30)17(38)23(44)18(39)10(3)31)4-11(32)19(40)24(45)20(41)12(4)33/q-1/p+1. The van der Waals surface area contributed by atoms with Gasteiger partial charge in [0.05, 0.1) is 0 Å². The quantitative estimate of drug-likeness (QED) is 0.0827. The Morgan fingerprint density at radius 1 is 0.178 bits per heavy atom. The van der Waals surface area contributed by atoms with Crippen LogP contribution < -0.4 is 21.9 Å². The van der Waals surface area contributed by atoms with Crippen molar-refractivity contribution in [2.75, 3.05) is 0 Å². The molecule has 0 aliphatic rings. The molecule has 0 bridgehead atoms. The highest BCUT2D eigenvalue weighted by Gasteiger charge is 2.46. The maximum absolute atomic E-state index is 2.69. The van der Waals surface area contributed by atoms with Crippen LogP contribution in [0, 0.1) is 71.4 Å². The van der Waals surface area contributed by atoms with E-state index in [2.05, 4.69) is 452 Å². The Hall–Kier alpha value is 11.5. The molecule has 45 heavy (non-hydrogen) atoms. The Bertz CT molecular complexity index is 1580. The smallest absolute Gasteiger partial charge is 0.166 e. The van der Waals surface area contributed by atoms with Crippen molar-refractivity contribution in [3.8, 4) is 0 Å². The molecule has 240 valence electrons. The van der Waals surface area contributed by atoms with Crippen LogP contribution in [0.1, 0.15) is 1.43 Å². The first kappa shape index (κ1) is 49.2. The molecule has 0 saturated carbocycles. The molecule has 0 radical (unpaired) electrons. The summed E-state index contributed by atoms with van der Waals surface area (Å²) in [5, 5.41) is 0. The molecule has 0 saturated heterocycles. The normalized spacial score (nSPS) is 12.0. The van der Waals surface area contributed by atoms with Gasteiger partial charge in [0, 0.05) is 42.8 Å². The van der Waals surface area contributed by atoms with Gasteiger partial charge in [-0.25, -0.2) is 0 Å². The van der Waals surface area contributed by atoms with Crippen LogP contribution in [0.25, 0.3) is 0 Å². The van der Waals surface area contributed by atoms with E-state index >= 15 is 0 Å². The average Bonchev–Trinajstić information content (AvgIpc) is 3.00. The summed E-state index contributed by atoms with van der Waals surface area (Å²) in [6.07, 6.45) is -1.74. The van der Waals surface area contributed by atoms with E-state index < -0.39 is 6.15 Å². The molecule has 0 N–H and O–H groups in total. The molecule has 21 heteroatoms. The lowest BCUT2D eigenvalue weighted by Gasteiger charge is -2.50. The summed E-state index contributed by atoms with van der Waals surface area (Å²) in [5.41, 5.74) is 5.78. The van der Waals surface area contributed by atoms with Crippen molar-refractivity contribution in [1.29, 1.82) is 0 Å². The number of halogens is 20. The fourth-order valence-corrected chi connectivity index (χ4v) is 27.8. The van der Waals surface area contributed by atoms with Crippen LogP contribution in [0.15, 0.2) is 0 Å². The maximum Gasteiger partial charge on any atom is 1.00 e. The summed E-state index contributed by atoms with van der Waals surface area (Å²) in [4.78, 5) is 0. The van der Waals surface area contributed by atoms with Gasteiger partial charge in [0.2, 0.25) is 0 Å². The Morgan fingerprint density at radius 2 is 0.267 bits per heavy atom. The second-order valence-corrected chi connectivity index (χ2v) is 30.4. The topological polar surface area (TPSA) is 0 Å². The monoisotopic (exact) mass is 2840 g/mol. The summed E-state index contributed by atoms with van der Waals surface area (Å²) in [6.45, 7) is 0. The van der Waals surface area contributed by atoms with E-state index in [-0.39, 0.29) is 1.43 Å². The van der Waals surface area contributed by atoms with Crippen LogP contribution in [0.4, 0.5) is 0 Å². The molecule has 0 aliphatic heterocycles. The fourth-order valence-electron chi connectivity index (χ4n) is 4.87. The van der Waals surface area contributed by atoms with Gasteiger partial charge < -0.3 is 0 Å².